The summed E-state index contributed by atoms with van der Waals surface area (Å²) in [6.07, 6.45) is 0.828. The fourth-order valence-electron chi connectivity index (χ4n) is 0.340. The molecular formula is C8H16O5. The molecule has 0 radical (unpaired) electrons. The monoisotopic (exact) mass is 192 g/mol. The molecule has 0 heterocycles. The zero-order valence-corrected chi connectivity index (χ0v) is 7.64. The lowest BCUT2D eigenvalue weighted by atomic mass is 10.4. The number of rotatable bonds is 5. The van der Waals surface area contributed by atoms with Crippen LogP contribution in [0.5, 0.6) is 0 Å². The van der Waals surface area contributed by atoms with E-state index in [0.29, 0.717) is 6.61 Å². The molecule has 0 aliphatic heterocycles. The maximum absolute atomic E-state index is 9.00. The van der Waals surface area contributed by atoms with Gasteiger partial charge in [-0.1, -0.05) is 6.08 Å². The highest BCUT2D eigenvalue weighted by atomic mass is 16.5. The second-order valence-corrected chi connectivity index (χ2v) is 2.18. The van der Waals surface area contributed by atoms with E-state index < -0.39 is 12.1 Å². The van der Waals surface area contributed by atoms with Crippen molar-refractivity contribution in [2.75, 3.05) is 19.8 Å². The van der Waals surface area contributed by atoms with Crippen LogP contribution in [0.25, 0.3) is 0 Å². The zero-order valence-electron chi connectivity index (χ0n) is 7.64. The van der Waals surface area contributed by atoms with E-state index in [4.69, 9.17) is 24.9 Å². The van der Waals surface area contributed by atoms with E-state index in [1.807, 2.05) is 0 Å². The number of hydrogen-bond acceptors (Lipinski definition) is 4. The predicted octanol–water partition coefficient (Wildman–Crippen LogP) is -0.367. The summed E-state index contributed by atoms with van der Waals surface area (Å²) in [6.45, 7) is 4.83. The van der Waals surface area contributed by atoms with E-state index >= 15 is 0 Å². The first-order valence-electron chi connectivity index (χ1n) is 3.71. The average molecular weight is 192 g/mol. The standard InChI is InChI=1S/C6H12O3.C2H4O2/c1-2-3-9-5-6(8)4-7;1-2(3)4/h2,6-8H,1,3-5H2;1H3,(H,3,4). The van der Waals surface area contributed by atoms with Crippen LogP contribution in [-0.2, 0) is 9.53 Å². The second-order valence-electron chi connectivity index (χ2n) is 2.18. The molecule has 0 aliphatic rings. The van der Waals surface area contributed by atoms with Crippen LogP contribution in [0.4, 0.5) is 0 Å². The summed E-state index contributed by atoms with van der Waals surface area (Å²) in [5.74, 6) is -0.833. The molecule has 13 heavy (non-hydrogen) atoms. The fraction of sp³-hybridized carbons (Fsp3) is 0.625. The van der Waals surface area contributed by atoms with Gasteiger partial charge in [0.25, 0.3) is 5.97 Å². The molecule has 0 amide bonds. The number of carboxylic acid groups (broad SMARTS) is 1. The summed E-state index contributed by atoms with van der Waals surface area (Å²) in [4.78, 5) is 9.00. The number of aliphatic hydroxyl groups is 2. The highest BCUT2D eigenvalue weighted by molar-refractivity contribution is 5.62. The van der Waals surface area contributed by atoms with E-state index in [9.17, 15) is 0 Å². The van der Waals surface area contributed by atoms with Crippen molar-refractivity contribution in [1.82, 2.24) is 0 Å². The van der Waals surface area contributed by atoms with Crippen LogP contribution < -0.4 is 0 Å². The van der Waals surface area contributed by atoms with Crippen molar-refractivity contribution in [3.8, 4) is 0 Å². The summed E-state index contributed by atoms with van der Waals surface area (Å²) in [7, 11) is 0. The summed E-state index contributed by atoms with van der Waals surface area (Å²) >= 11 is 0. The van der Waals surface area contributed by atoms with E-state index in [1.165, 1.54) is 0 Å². The molecule has 0 bridgehead atoms. The molecule has 0 aromatic rings. The smallest absolute Gasteiger partial charge is 0.300 e. The molecule has 0 spiro atoms. The van der Waals surface area contributed by atoms with Crippen LogP contribution >= 0.6 is 0 Å². The summed E-state index contributed by atoms with van der Waals surface area (Å²) in [6, 6.07) is 0. The van der Waals surface area contributed by atoms with E-state index in [2.05, 4.69) is 6.58 Å². The van der Waals surface area contributed by atoms with Gasteiger partial charge in [-0.2, -0.15) is 0 Å². The van der Waals surface area contributed by atoms with Gasteiger partial charge >= 0.3 is 0 Å². The topological polar surface area (TPSA) is 87.0 Å². The van der Waals surface area contributed by atoms with Crippen LogP contribution in [0.3, 0.4) is 0 Å². The lowest BCUT2D eigenvalue weighted by Gasteiger charge is -2.04. The van der Waals surface area contributed by atoms with Crippen molar-refractivity contribution in [3.63, 3.8) is 0 Å². The Morgan fingerprint density at radius 1 is 1.69 bits per heavy atom. The van der Waals surface area contributed by atoms with Gasteiger partial charge in [-0.3, -0.25) is 4.79 Å². The lowest BCUT2D eigenvalue weighted by molar-refractivity contribution is -0.134. The Balaban J connectivity index is 0. The van der Waals surface area contributed by atoms with Crippen LogP contribution in [0.1, 0.15) is 6.92 Å². The van der Waals surface area contributed by atoms with Crippen molar-refractivity contribution in [3.05, 3.63) is 12.7 Å². The lowest BCUT2D eigenvalue weighted by Crippen LogP contribution is -2.19. The van der Waals surface area contributed by atoms with Crippen LogP contribution in [0, 0.1) is 0 Å². The molecule has 5 nitrogen and oxygen atoms in total. The highest BCUT2D eigenvalue weighted by Gasteiger charge is 1.98. The van der Waals surface area contributed by atoms with Crippen LogP contribution in [0.2, 0.25) is 0 Å². The summed E-state index contributed by atoms with van der Waals surface area (Å²) in [5.41, 5.74) is 0. The molecule has 5 heteroatoms. The minimum atomic E-state index is -0.833. The Hall–Kier alpha value is -0.910. The molecule has 1 unspecified atom stereocenters. The average Bonchev–Trinajstić information content (AvgIpc) is 2.03. The third-order valence-electron chi connectivity index (χ3n) is 0.757. The van der Waals surface area contributed by atoms with Crippen molar-refractivity contribution in [2.24, 2.45) is 0 Å². The summed E-state index contributed by atoms with van der Waals surface area (Å²) in [5, 5.41) is 24.4. The molecule has 78 valence electrons. The number of aliphatic hydroxyl groups excluding tert-OH is 2. The van der Waals surface area contributed by atoms with Crippen molar-refractivity contribution >= 4 is 5.97 Å². The van der Waals surface area contributed by atoms with E-state index in [-0.39, 0.29) is 13.2 Å². The van der Waals surface area contributed by atoms with E-state index in [1.54, 1.807) is 6.08 Å². The van der Waals surface area contributed by atoms with Gasteiger partial charge in [0.05, 0.1) is 19.8 Å². The van der Waals surface area contributed by atoms with Gasteiger partial charge in [0.1, 0.15) is 6.10 Å². The molecule has 0 saturated heterocycles. The summed E-state index contributed by atoms with van der Waals surface area (Å²) < 4.78 is 4.81. The Kier molecular flexibility index (Phi) is 12.5. The Morgan fingerprint density at radius 3 is 2.46 bits per heavy atom. The van der Waals surface area contributed by atoms with Gasteiger partial charge in [0.2, 0.25) is 0 Å². The molecule has 0 rings (SSSR count). The quantitative estimate of drug-likeness (QED) is 0.409. The van der Waals surface area contributed by atoms with Crippen molar-refractivity contribution in [2.45, 2.75) is 13.0 Å². The van der Waals surface area contributed by atoms with Gasteiger partial charge in [0, 0.05) is 6.92 Å². The molecule has 0 saturated carbocycles. The number of carboxylic acids is 1. The molecule has 1 atom stereocenters. The predicted molar refractivity (Wildman–Crippen MR) is 47.4 cm³/mol. The van der Waals surface area contributed by atoms with Gasteiger partial charge in [-0.25, -0.2) is 0 Å². The first kappa shape index (κ1) is 14.6. The first-order valence-corrected chi connectivity index (χ1v) is 3.71. The number of aliphatic carboxylic acids is 1. The molecule has 0 aromatic heterocycles. The molecule has 0 aromatic carbocycles. The Morgan fingerprint density at radius 2 is 2.15 bits per heavy atom. The Bertz CT molecular complexity index is 130. The van der Waals surface area contributed by atoms with Crippen molar-refractivity contribution < 1.29 is 24.9 Å². The van der Waals surface area contributed by atoms with Crippen LogP contribution in [0.15, 0.2) is 12.7 Å². The van der Waals surface area contributed by atoms with Gasteiger partial charge in [-0.15, -0.1) is 6.58 Å². The number of ether oxygens (including phenoxy) is 1. The third kappa shape index (κ3) is 24.7. The SMILES string of the molecule is C=CCOCC(O)CO.CC(=O)O. The first-order chi connectivity index (χ1) is 6.04. The van der Waals surface area contributed by atoms with Crippen LogP contribution in [-0.4, -0.2) is 47.2 Å². The normalized spacial score (nSPS) is 11.0. The van der Waals surface area contributed by atoms with Gasteiger partial charge in [0.15, 0.2) is 0 Å². The minimum absolute atomic E-state index is 0.169. The van der Waals surface area contributed by atoms with E-state index in [0.717, 1.165) is 6.92 Å². The Labute approximate surface area is 77.3 Å². The maximum atomic E-state index is 9.00. The second kappa shape index (κ2) is 11.1. The number of carbonyl (C=O) groups is 1. The van der Waals surface area contributed by atoms with Crippen molar-refractivity contribution in [1.29, 1.82) is 0 Å². The fourth-order valence-corrected chi connectivity index (χ4v) is 0.340. The largest absolute Gasteiger partial charge is 0.481 e. The highest BCUT2D eigenvalue weighted by Crippen LogP contribution is 1.82. The van der Waals surface area contributed by atoms with Gasteiger partial charge in [-0.05, 0) is 0 Å². The molecular weight excluding hydrogens is 176 g/mol. The minimum Gasteiger partial charge on any atom is -0.481 e. The number of hydrogen-bond donors (Lipinski definition) is 3. The maximum Gasteiger partial charge on any atom is 0.300 e. The zero-order chi connectivity index (χ0) is 10.7. The molecule has 3 N–H and O–H groups in total. The third-order valence-corrected chi connectivity index (χ3v) is 0.757. The van der Waals surface area contributed by atoms with Gasteiger partial charge < -0.3 is 20.1 Å². The molecule has 0 fully saturated rings. The molecule has 0 aliphatic carbocycles.